The van der Waals surface area contributed by atoms with E-state index >= 15 is 0 Å². The zero-order valence-corrected chi connectivity index (χ0v) is 21.3. The summed E-state index contributed by atoms with van der Waals surface area (Å²) in [6.45, 7) is 0.462. The Hall–Kier alpha value is -3.27. The van der Waals surface area contributed by atoms with Gasteiger partial charge in [0.05, 0.1) is 17.3 Å². The van der Waals surface area contributed by atoms with E-state index in [-0.39, 0.29) is 11.0 Å². The number of anilines is 1. The third-order valence-corrected chi connectivity index (χ3v) is 6.35. The van der Waals surface area contributed by atoms with Crippen LogP contribution in [0.15, 0.2) is 82.6 Å². The standard InChI is InChI=1S/C25H20BrN3O3S2/c1-31-22-12-9-18(13-20(22)26)21-15-34-25(27-21)29-24(33)28-23(30)17-7-10-19(11-8-17)32-14-16-5-3-2-4-6-16/h2-13,15H,14H2,1H3,(H2,27,28,29,30,33). The molecule has 0 saturated heterocycles. The second-order valence-corrected chi connectivity index (χ2v) is 9.21. The molecule has 0 unspecified atom stereocenters. The van der Waals surface area contributed by atoms with Crippen LogP contribution in [0.2, 0.25) is 0 Å². The molecule has 0 atom stereocenters. The lowest BCUT2D eigenvalue weighted by atomic mass is 10.2. The summed E-state index contributed by atoms with van der Waals surface area (Å²) in [5.74, 6) is 1.11. The number of thiocarbonyl (C=S) groups is 1. The molecule has 1 aromatic heterocycles. The van der Waals surface area contributed by atoms with E-state index in [0.717, 1.165) is 27.0 Å². The van der Waals surface area contributed by atoms with Gasteiger partial charge in [0.15, 0.2) is 10.2 Å². The number of hydrogen-bond acceptors (Lipinski definition) is 6. The minimum absolute atomic E-state index is 0.172. The van der Waals surface area contributed by atoms with Gasteiger partial charge in [0.1, 0.15) is 18.1 Å². The van der Waals surface area contributed by atoms with Crippen LogP contribution < -0.4 is 20.1 Å². The van der Waals surface area contributed by atoms with Gasteiger partial charge in [-0.3, -0.25) is 10.1 Å². The third kappa shape index (κ3) is 6.19. The van der Waals surface area contributed by atoms with Crippen molar-refractivity contribution in [3.63, 3.8) is 0 Å². The molecule has 1 amide bonds. The molecule has 34 heavy (non-hydrogen) atoms. The quantitative estimate of drug-likeness (QED) is 0.262. The fourth-order valence-corrected chi connectivity index (χ4v) is 4.56. The predicted molar refractivity (Wildman–Crippen MR) is 143 cm³/mol. The second kappa shape index (κ2) is 11.2. The van der Waals surface area contributed by atoms with Crippen LogP contribution in [-0.2, 0) is 6.61 Å². The number of benzene rings is 3. The fourth-order valence-electron chi connectivity index (χ4n) is 3.04. The lowest BCUT2D eigenvalue weighted by molar-refractivity contribution is 0.0977. The van der Waals surface area contributed by atoms with Crippen molar-refractivity contribution in [3.8, 4) is 22.8 Å². The van der Waals surface area contributed by atoms with Gasteiger partial charge in [0.25, 0.3) is 5.91 Å². The summed E-state index contributed by atoms with van der Waals surface area (Å²) in [6, 6.07) is 22.5. The Labute approximate surface area is 215 Å². The number of thiazole rings is 1. The molecule has 0 saturated carbocycles. The van der Waals surface area contributed by atoms with Crippen LogP contribution in [0.1, 0.15) is 15.9 Å². The van der Waals surface area contributed by atoms with Gasteiger partial charge in [0.2, 0.25) is 0 Å². The van der Waals surface area contributed by atoms with Crippen molar-refractivity contribution in [1.29, 1.82) is 0 Å². The number of carbonyl (C=O) groups excluding carboxylic acids is 1. The van der Waals surface area contributed by atoms with E-state index in [1.807, 2.05) is 53.9 Å². The Bertz CT molecular complexity index is 1290. The monoisotopic (exact) mass is 553 g/mol. The number of carbonyl (C=O) groups is 1. The van der Waals surface area contributed by atoms with Gasteiger partial charge in [-0.25, -0.2) is 4.98 Å². The first kappa shape index (κ1) is 23.9. The SMILES string of the molecule is COc1ccc(-c2csc(NC(=S)NC(=O)c3ccc(OCc4ccccc4)cc3)n2)cc1Br. The lowest BCUT2D eigenvalue weighted by Crippen LogP contribution is -2.34. The molecule has 0 aliphatic carbocycles. The van der Waals surface area contributed by atoms with Gasteiger partial charge in [0, 0.05) is 16.5 Å². The summed E-state index contributed by atoms with van der Waals surface area (Å²) in [5.41, 5.74) is 3.27. The number of halogens is 1. The van der Waals surface area contributed by atoms with Crippen molar-refractivity contribution in [2.75, 3.05) is 12.4 Å². The number of aromatic nitrogens is 1. The van der Waals surface area contributed by atoms with E-state index in [4.69, 9.17) is 21.7 Å². The minimum atomic E-state index is -0.317. The molecular formula is C25H20BrN3O3S2. The molecule has 4 aromatic rings. The first-order valence-corrected chi connectivity index (χ1v) is 12.3. The normalized spacial score (nSPS) is 10.4. The van der Waals surface area contributed by atoms with Crippen LogP contribution in [0.3, 0.4) is 0 Å². The summed E-state index contributed by atoms with van der Waals surface area (Å²) in [4.78, 5) is 17.1. The summed E-state index contributed by atoms with van der Waals surface area (Å²) >= 11 is 10.2. The average Bonchev–Trinajstić information content (AvgIpc) is 3.32. The Morgan fingerprint density at radius 1 is 1.09 bits per heavy atom. The summed E-state index contributed by atoms with van der Waals surface area (Å²) < 4.78 is 11.9. The molecule has 0 spiro atoms. The molecule has 0 radical (unpaired) electrons. The van der Waals surface area contributed by atoms with Gasteiger partial charge in [-0.1, -0.05) is 30.3 Å². The van der Waals surface area contributed by atoms with Crippen molar-refractivity contribution >= 4 is 55.6 Å². The molecule has 9 heteroatoms. The molecule has 0 fully saturated rings. The molecule has 3 aromatic carbocycles. The molecule has 4 rings (SSSR count). The number of hydrogen-bond donors (Lipinski definition) is 2. The second-order valence-electron chi connectivity index (χ2n) is 7.09. The average molecular weight is 554 g/mol. The van der Waals surface area contributed by atoms with Crippen molar-refractivity contribution in [2.45, 2.75) is 6.61 Å². The maximum Gasteiger partial charge on any atom is 0.257 e. The highest BCUT2D eigenvalue weighted by Crippen LogP contribution is 2.32. The zero-order chi connectivity index (χ0) is 23.9. The highest BCUT2D eigenvalue weighted by molar-refractivity contribution is 9.10. The van der Waals surface area contributed by atoms with E-state index in [0.29, 0.717) is 23.1 Å². The fraction of sp³-hybridized carbons (Fsp3) is 0.0800. The van der Waals surface area contributed by atoms with Crippen molar-refractivity contribution < 1.29 is 14.3 Å². The summed E-state index contributed by atoms with van der Waals surface area (Å²) in [6.07, 6.45) is 0. The molecule has 0 aliphatic heterocycles. The molecule has 6 nitrogen and oxygen atoms in total. The third-order valence-electron chi connectivity index (χ3n) is 4.76. The Kier molecular flexibility index (Phi) is 7.89. The van der Waals surface area contributed by atoms with E-state index in [1.165, 1.54) is 11.3 Å². The molecular weight excluding hydrogens is 534 g/mol. The largest absolute Gasteiger partial charge is 0.496 e. The number of ether oxygens (including phenoxy) is 2. The molecule has 1 heterocycles. The van der Waals surface area contributed by atoms with Crippen LogP contribution in [0, 0.1) is 0 Å². The van der Waals surface area contributed by atoms with Crippen LogP contribution in [0.5, 0.6) is 11.5 Å². The van der Waals surface area contributed by atoms with Gasteiger partial charge >= 0.3 is 0 Å². The summed E-state index contributed by atoms with van der Waals surface area (Å²) in [5, 5.41) is 8.31. The predicted octanol–water partition coefficient (Wildman–Crippen LogP) is 6.29. The number of methoxy groups -OCH3 is 1. The minimum Gasteiger partial charge on any atom is -0.496 e. The number of nitrogens with one attached hydrogen (secondary N) is 2. The highest BCUT2D eigenvalue weighted by atomic mass is 79.9. The highest BCUT2D eigenvalue weighted by Gasteiger charge is 2.11. The zero-order valence-electron chi connectivity index (χ0n) is 18.1. The maximum absolute atomic E-state index is 12.5. The van der Waals surface area contributed by atoms with Crippen LogP contribution in [0.25, 0.3) is 11.3 Å². The topological polar surface area (TPSA) is 72.5 Å². The Morgan fingerprint density at radius 3 is 2.56 bits per heavy atom. The van der Waals surface area contributed by atoms with Gasteiger partial charge in [-0.2, -0.15) is 0 Å². The Balaban J connectivity index is 1.31. The smallest absolute Gasteiger partial charge is 0.257 e. The molecule has 172 valence electrons. The molecule has 2 N–H and O–H groups in total. The molecule has 0 aliphatic rings. The van der Waals surface area contributed by atoms with Gasteiger partial charge in [-0.15, -0.1) is 11.3 Å². The number of rotatable bonds is 7. The first-order valence-electron chi connectivity index (χ1n) is 10.2. The van der Waals surface area contributed by atoms with Crippen molar-refractivity contribution in [1.82, 2.24) is 10.3 Å². The van der Waals surface area contributed by atoms with Gasteiger partial charge in [-0.05, 0) is 76.2 Å². The van der Waals surface area contributed by atoms with E-state index in [1.54, 1.807) is 31.4 Å². The van der Waals surface area contributed by atoms with Crippen LogP contribution >= 0.6 is 39.5 Å². The van der Waals surface area contributed by atoms with Crippen LogP contribution in [-0.4, -0.2) is 23.1 Å². The molecule has 0 bridgehead atoms. The van der Waals surface area contributed by atoms with E-state index in [9.17, 15) is 4.79 Å². The first-order chi connectivity index (χ1) is 16.5. The number of amides is 1. The number of nitrogens with zero attached hydrogens (tertiary/aromatic N) is 1. The van der Waals surface area contributed by atoms with Gasteiger partial charge < -0.3 is 14.8 Å². The maximum atomic E-state index is 12.5. The van der Waals surface area contributed by atoms with Crippen molar-refractivity contribution in [2.24, 2.45) is 0 Å². The lowest BCUT2D eigenvalue weighted by Gasteiger charge is -2.09. The Morgan fingerprint density at radius 2 is 1.85 bits per heavy atom. The van der Waals surface area contributed by atoms with Crippen molar-refractivity contribution in [3.05, 3.63) is 93.8 Å². The van der Waals surface area contributed by atoms with E-state index in [2.05, 4.69) is 31.5 Å². The van der Waals surface area contributed by atoms with E-state index < -0.39 is 0 Å². The summed E-state index contributed by atoms with van der Waals surface area (Å²) in [7, 11) is 1.62. The van der Waals surface area contributed by atoms with Crippen LogP contribution in [0.4, 0.5) is 5.13 Å².